The monoisotopic (exact) mass is 303 g/mol. The Bertz CT molecular complexity index is 698. The third-order valence-electron chi connectivity index (χ3n) is 2.91. The van der Waals surface area contributed by atoms with Gasteiger partial charge in [-0.15, -0.1) is 0 Å². The number of halogens is 1. The summed E-state index contributed by atoms with van der Waals surface area (Å²) < 4.78 is 17.9. The lowest BCUT2D eigenvalue weighted by Crippen LogP contribution is -2.13. The number of hydrogen-bond acceptors (Lipinski definition) is 3. The minimum Gasteiger partial charge on any atom is -0.482 e. The fourth-order valence-electron chi connectivity index (χ4n) is 1.81. The fourth-order valence-corrected chi connectivity index (χ4v) is 1.81. The molecule has 0 unspecified atom stereocenters. The van der Waals surface area contributed by atoms with E-state index in [2.05, 4.69) is 5.32 Å². The van der Waals surface area contributed by atoms with Gasteiger partial charge in [0.05, 0.1) is 0 Å². The second-order valence-electron chi connectivity index (χ2n) is 4.62. The van der Waals surface area contributed by atoms with Gasteiger partial charge in [0, 0.05) is 11.3 Å². The lowest BCUT2D eigenvalue weighted by molar-refractivity contribution is -0.139. The molecule has 0 atom stereocenters. The van der Waals surface area contributed by atoms with Crippen LogP contribution in [0.25, 0.3) is 0 Å². The van der Waals surface area contributed by atoms with Crippen LogP contribution in [0.3, 0.4) is 0 Å². The molecule has 1 amide bonds. The number of hydrogen-bond donors (Lipinski definition) is 2. The fraction of sp³-hybridized carbons (Fsp3) is 0.125. The molecule has 0 aromatic heterocycles. The van der Waals surface area contributed by atoms with Gasteiger partial charge < -0.3 is 15.2 Å². The Morgan fingerprint density at radius 1 is 1.18 bits per heavy atom. The number of aliphatic carboxylic acids is 1. The van der Waals surface area contributed by atoms with Gasteiger partial charge in [-0.05, 0) is 55.0 Å². The number of benzene rings is 2. The molecule has 0 fully saturated rings. The van der Waals surface area contributed by atoms with Crippen molar-refractivity contribution in [3.05, 3.63) is 59.4 Å². The number of carbonyl (C=O) groups is 2. The van der Waals surface area contributed by atoms with Crippen molar-refractivity contribution in [2.24, 2.45) is 0 Å². The molecule has 0 aliphatic rings. The molecule has 0 aliphatic heterocycles. The number of anilines is 1. The maximum absolute atomic E-state index is 12.8. The summed E-state index contributed by atoms with van der Waals surface area (Å²) in [5, 5.41) is 11.3. The highest BCUT2D eigenvalue weighted by Gasteiger charge is 2.09. The van der Waals surface area contributed by atoms with E-state index in [1.165, 1.54) is 24.3 Å². The molecule has 2 rings (SSSR count). The molecular weight excluding hydrogens is 289 g/mol. The normalized spacial score (nSPS) is 10.1. The summed E-state index contributed by atoms with van der Waals surface area (Å²) in [4.78, 5) is 22.5. The Kier molecular flexibility index (Phi) is 4.73. The van der Waals surface area contributed by atoms with Gasteiger partial charge in [-0.2, -0.15) is 0 Å². The van der Waals surface area contributed by atoms with Crippen molar-refractivity contribution in [1.82, 2.24) is 0 Å². The van der Waals surface area contributed by atoms with Crippen molar-refractivity contribution in [2.75, 3.05) is 11.9 Å². The largest absolute Gasteiger partial charge is 0.482 e. The first kappa shape index (κ1) is 15.5. The van der Waals surface area contributed by atoms with E-state index < -0.39 is 18.4 Å². The highest BCUT2D eigenvalue weighted by molar-refractivity contribution is 6.04. The maximum Gasteiger partial charge on any atom is 0.341 e. The van der Waals surface area contributed by atoms with E-state index in [0.717, 1.165) is 5.56 Å². The predicted molar refractivity (Wildman–Crippen MR) is 78.7 cm³/mol. The van der Waals surface area contributed by atoms with Crippen molar-refractivity contribution in [3.8, 4) is 5.75 Å². The lowest BCUT2D eigenvalue weighted by Gasteiger charge is -2.10. The third kappa shape index (κ3) is 4.05. The van der Waals surface area contributed by atoms with Gasteiger partial charge in [0.15, 0.2) is 6.61 Å². The van der Waals surface area contributed by atoms with E-state index in [1.807, 2.05) is 0 Å². The summed E-state index contributed by atoms with van der Waals surface area (Å²) in [6.07, 6.45) is 0. The third-order valence-corrected chi connectivity index (χ3v) is 2.91. The quantitative estimate of drug-likeness (QED) is 0.890. The standard InChI is InChI=1S/C16H14FNO4/c1-10-8-13(22-9-15(19)20)6-7-14(10)18-16(21)11-2-4-12(17)5-3-11/h2-8H,9H2,1H3,(H,18,21)(H,19,20). The first-order valence-corrected chi connectivity index (χ1v) is 6.48. The molecule has 0 spiro atoms. The topological polar surface area (TPSA) is 75.6 Å². The van der Waals surface area contributed by atoms with E-state index in [0.29, 0.717) is 17.0 Å². The van der Waals surface area contributed by atoms with Crippen LogP contribution in [0.15, 0.2) is 42.5 Å². The second kappa shape index (κ2) is 6.71. The highest BCUT2D eigenvalue weighted by atomic mass is 19.1. The first-order valence-electron chi connectivity index (χ1n) is 6.48. The highest BCUT2D eigenvalue weighted by Crippen LogP contribution is 2.22. The van der Waals surface area contributed by atoms with Crippen molar-refractivity contribution in [1.29, 1.82) is 0 Å². The molecule has 0 bridgehead atoms. The van der Waals surface area contributed by atoms with Crippen molar-refractivity contribution < 1.29 is 23.8 Å². The Morgan fingerprint density at radius 2 is 1.86 bits per heavy atom. The molecule has 0 radical (unpaired) electrons. The summed E-state index contributed by atoms with van der Waals surface area (Å²) in [6, 6.07) is 10.0. The smallest absolute Gasteiger partial charge is 0.341 e. The predicted octanol–water partition coefficient (Wildman–Crippen LogP) is 2.85. The van der Waals surface area contributed by atoms with Gasteiger partial charge in [-0.1, -0.05) is 0 Å². The van der Waals surface area contributed by atoms with Gasteiger partial charge in [0.1, 0.15) is 11.6 Å². The molecule has 22 heavy (non-hydrogen) atoms. The van der Waals surface area contributed by atoms with E-state index in [4.69, 9.17) is 9.84 Å². The summed E-state index contributed by atoms with van der Waals surface area (Å²) in [6.45, 7) is 1.33. The summed E-state index contributed by atoms with van der Waals surface area (Å²) in [7, 11) is 0. The zero-order valence-corrected chi connectivity index (χ0v) is 11.8. The Balaban J connectivity index is 2.08. The van der Waals surface area contributed by atoms with Crippen molar-refractivity contribution in [2.45, 2.75) is 6.92 Å². The van der Waals surface area contributed by atoms with Crippen molar-refractivity contribution in [3.63, 3.8) is 0 Å². The number of rotatable bonds is 5. The van der Waals surface area contributed by atoms with Gasteiger partial charge in [0.2, 0.25) is 0 Å². The minimum absolute atomic E-state index is 0.340. The number of ether oxygens (including phenoxy) is 1. The van der Waals surface area contributed by atoms with Crippen molar-refractivity contribution >= 4 is 17.6 Å². The molecule has 0 aliphatic carbocycles. The molecule has 0 heterocycles. The SMILES string of the molecule is Cc1cc(OCC(=O)O)ccc1NC(=O)c1ccc(F)cc1. The van der Waals surface area contributed by atoms with Gasteiger partial charge in [-0.3, -0.25) is 4.79 Å². The molecule has 5 nitrogen and oxygen atoms in total. The number of carbonyl (C=O) groups excluding carboxylic acids is 1. The van der Waals surface area contributed by atoms with Crippen LogP contribution in [0.1, 0.15) is 15.9 Å². The minimum atomic E-state index is -1.06. The number of nitrogens with one attached hydrogen (secondary N) is 1. The number of aryl methyl sites for hydroxylation is 1. The van der Waals surface area contributed by atoms with Crippen LogP contribution in [0, 0.1) is 12.7 Å². The molecule has 2 aromatic rings. The zero-order chi connectivity index (χ0) is 16.1. The van der Waals surface area contributed by atoms with Crippen LogP contribution in [0.2, 0.25) is 0 Å². The average molecular weight is 303 g/mol. The molecule has 0 saturated heterocycles. The van der Waals surface area contributed by atoms with Crippen LogP contribution < -0.4 is 10.1 Å². The molecule has 2 aromatic carbocycles. The number of amides is 1. The van der Waals surface area contributed by atoms with Crippen LogP contribution in [-0.4, -0.2) is 23.6 Å². The first-order chi connectivity index (χ1) is 10.5. The average Bonchev–Trinajstić information content (AvgIpc) is 2.48. The number of carboxylic acid groups (broad SMARTS) is 1. The van der Waals surface area contributed by atoms with Gasteiger partial charge >= 0.3 is 5.97 Å². The van der Waals surface area contributed by atoms with E-state index >= 15 is 0 Å². The maximum atomic E-state index is 12.8. The molecule has 0 saturated carbocycles. The molecule has 2 N–H and O–H groups in total. The van der Waals surface area contributed by atoms with Crippen LogP contribution in [-0.2, 0) is 4.79 Å². The van der Waals surface area contributed by atoms with Gasteiger partial charge in [-0.25, -0.2) is 9.18 Å². The second-order valence-corrected chi connectivity index (χ2v) is 4.62. The van der Waals surface area contributed by atoms with Gasteiger partial charge in [0.25, 0.3) is 5.91 Å². The van der Waals surface area contributed by atoms with E-state index in [9.17, 15) is 14.0 Å². The van der Waals surface area contributed by atoms with Crippen LogP contribution >= 0.6 is 0 Å². The number of carboxylic acids is 1. The summed E-state index contributed by atoms with van der Waals surface area (Å²) in [5.41, 5.74) is 1.63. The lowest BCUT2D eigenvalue weighted by atomic mass is 10.1. The van der Waals surface area contributed by atoms with Crippen LogP contribution in [0.4, 0.5) is 10.1 Å². The van der Waals surface area contributed by atoms with E-state index in [-0.39, 0.29) is 5.91 Å². The van der Waals surface area contributed by atoms with E-state index in [1.54, 1.807) is 25.1 Å². The molecular formula is C16H14FNO4. The summed E-state index contributed by atoms with van der Waals surface area (Å²) >= 11 is 0. The summed E-state index contributed by atoms with van der Waals surface area (Å²) in [5.74, 6) is -1.43. The Hall–Kier alpha value is -2.89. The molecule has 114 valence electrons. The Morgan fingerprint density at radius 3 is 2.45 bits per heavy atom. The Labute approximate surface area is 126 Å². The zero-order valence-electron chi connectivity index (χ0n) is 11.8. The molecule has 6 heteroatoms. The van der Waals surface area contributed by atoms with Crippen LogP contribution in [0.5, 0.6) is 5.75 Å².